The number of rotatable bonds is 33. The van der Waals surface area contributed by atoms with Crippen LogP contribution in [0.25, 0.3) is 115 Å². The Labute approximate surface area is 881 Å². The van der Waals surface area contributed by atoms with E-state index in [0.29, 0.717) is 6.61 Å². The van der Waals surface area contributed by atoms with Crippen LogP contribution in [0.3, 0.4) is 0 Å². The van der Waals surface area contributed by atoms with Gasteiger partial charge in [0.05, 0.1) is 13.7 Å². The second-order valence-electron chi connectivity index (χ2n) is 38.5. The number of nitrogens with zero attached hydrogens (tertiary/aromatic N) is 4. The molecule has 20 aromatic rings. The largest absolute Gasteiger partial charge is 0.497 e. The molecule has 6 nitrogen and oxygen atoms in total. The summed E-state index contributed by atoms with van der Waals surface area (Å²) in [6.07, 6.45) is 21.7. The van der Waals surface area contributed by atoms with Crippen LogP contribution in [0, 0.1) is 41.5 Å². The lowest BCUT2D eigenvalue weighted by Crippen LogP contribution is -2.11. The summed E-state index contributed by atoms with van der Waals surface area (Å²) in [5, 5.41) is 0. The standard InChI is InChI=1S/C72H64N2O.C71H62N2O/c1-5-7-54-17-39-66(40-18-54)73(68-43-21-57(22-44-68)14-13-56-11-9-53(3)10-12-56)70-47-35-64(36-48-70)62-31-27-60(28-32-62)61-29-33-63(34-30-61)65-37-49-71(50-38-65)74(67-41-19-55(8-6-2)20-42-67)69-45-23-58(24-46-69)15-16-59-25-51-72(75-4)52-26-59;1-7-74-69-44-22-58(23-45-69)17-16-57-20-38-66(39-21-57)73(71-47-11-52(4)49-54(71)6)68-42-34-64(35-43-68)62-30-26-60(27-31-62)59-24-28-61(29-25-59)63-32-40-67(41-33-63)72(70-46-10-51(3)48-53(70)5)65-36-18-56(19-37-65)15-14-55-12-8-50(2)9-13-55/h9-52H,5-8H2,1-4H3;8-49H,7H2,1-6H3/b14-13+,16-15+;15-14+,17-16+. The van der Waals surface area contributed by atoms with Crippen molar-refractivity contribution in [1.82, 2.24) is 0 Å². The average molecular weight is 1930 g/mol. The molecule has 0 spiro atoms. The smallest absolute Gasteiger partial charge is 0.119 e. The maximum absolute atomic E-state index is 5.62. The lowest BCUT2D eigenvalue weighted by molar-refractivity contribution is 0.340. The average Bonchev–Trinajstić information content (AvgIpc) is 0.795. The molecule has 0 fully saturated rings. The highest BCUT2D eigenvalue weighted by Crippen LogP contribution is 2.45. The van der Waals surface area contributed by atoms with Crippen molar-refractivity contribution >= 4 is 117 Å². The summed E-state index contributed by atoms with van der Waals surface area (Å²) in [5.41, 5.74) is 47.2. The maximum Gasteiger partial charge on any atom is 0.119 e. The molecule has 0 aliphatic carbocycles. The third kappa shape index (κ3) is 25.2. The molecule has 730 valence electrons. The molecule has 0 radical (unpaired) electrons. The first-order valence-electron chi connectivity index (χ1n) is 52.0. The molecule has 0 unspecified atom stereocenters. The third-order valence-corrected chi connectivity index (χ3v) is 27.6. The number of hydrogen-bond acceptors (Lipinski definition) is 6. The van der Waals surface area contributed by atoms with E-state index in [1.54, 1.807) is 7.11 Å². The topological polar surface area (TPSA) is 31.4 Å². The van der Waals surface area contributed by atoms with Crippen LogP contribution in [0.15, 0.2) is 473 Å². The Balaban J connectivity index is 0.000000187. The van der Waals surface area contributed by atoms with Gasteiger partial charge in [-0.25, -0.2) is 0 Å². The molecular formula is C143H126N4O2. The van der Waals surface area contributed by atoms with Gasteiger partial charge in [0.15, 0.2) is 0 Å². The molecule has 149 heavy (non-hydrogen) atoms. The lowest BCUT2D eigenvalue weighted by atomic mass is 9.97. The van der Waals surface area contributed by atoms with Crippen LogP contribution in [0.5, 0.6) is 11.5 Å². The van der Waals surface area contributed by atoms with Crippen molar-refractivity contribution in [2.24, 2.45) is 0 Å². The highest BCUT2D eigenvalue weighted by Gasteiger charge is 2.22. The summed E-state index contributed by atoms with van der Waals surface area (Å²) in [6.45, 7) is 20.1. The van der Waals surface area contributed by atoms with E-state index in [2.05, 4.69) is 573 Å². The van der Waals surface area contributed by atoms with Gasteiger partial charge < -0.3 is 29.1 Å². The van der Waals surface area contributed by atoms with Crippen molar-refractivity contribution in [1.29, 1.82) is 0 Å². The Morgan fingerprint density at radius 2 is 0.356 bits per heavy atom. The van der Waals surface area contributed by atoms with Crippen molar-refractivity contribution in [3.05, 3.63) is 562 Å². The van der Waals surface area contributed by atoms with Crippen molar-refractivity contribution < 1.29 is 9.47 Å². The van der Waals surface area contributed by atoms with Gasteiger partial charge in [-0.1, -0.05) is 413 Å². The van der Waals surface area contributed by atoms with Crippen LogP contribution in [0.2, 0.25) is 0 Å². The second kappa shape index (κ2) is 47.8. The van der Waals surface area contributed by atoms with E-state index in [4.69, 9.17) is 9.47 Å². The summed E-state index contributed by atoms with van der Waals surface area (Å²) in [6, 6.07) is 172. The van der Waals surface area contributed by atoms with Gasteiger partial charge in [-0.15, -0.1) is 0 Å². The Hall–Kier alpha value is -17.8. The fourth-order valence-corrected chi connectivity index (χ4v) is 19.3. The fraction of sp³-hybridized carbons (Fsp3) is 0.105. The maximum atomic E-state index is 5.62. The van der Waals surface area contributed by atoms with Gasteiger partial charge in [-0.2, -0.15) is 0 Å². The Bertz CT molecular complexity index is 7940. The van der Waals surface area contributed by atoms with E-state index in [1.807, 2.05) is 31.2 Å². The molecule has 0 saturated heterocycles. The Morgan fingerprint density at radius 3 is 0.557 bits per heavy atom. The van der Waals surface area contributed by atoms with Gasteiger partial charge in [0.2, 0.25) is 0 Å². The van der Waals surface area contributed by atoms with E-state index >= 15 is 0 Å². The molecule has 0 aliphatic heterocycles. The molecular weight excluding hydrogens is 1810 g/mol. The minimum Gasteiger partial charge on any atom is -0.497 e. The first kappa shape index (κ1) is 99.9. The third-order valence-electron chi connectivity index (χ3n) is 27.6. The molecule has 0 bridgehead atoms. The number of aryl methyl sites for hydroxylation is 8. The molecule has 0 aromatic heterocycles. The summed E-state index contributed by atoms with van der Waals surface area (Å²) in [4.78, 5) is 9.40. The molecule has 0 atom stereocenters. The first-order valence-corrected chi connectivity index (χ1v) is 52.0. The number of anilines is 12. The van der Waals surface area contributed by atoms with Gasteiger partial charge in [-0.3, -0.25) is 0 Å². The zero-order valence-corrected chi connectivity index (χ0v) is 86.8. The van der Waals surface area contributed by atoms with Gasteiger partial charge in [0.25, 0.3) is 0 Å². The van der Waals surface area contributed by atoms with E-state index in [0.717, 1.165) is 128 Å². The number of methoxy groups -OCH3 is 1. The lowest BCUT2D eigenvalue weighted by Gasteiger charge is -2.27. The molecule has 0 heterocycles. The second-order valence-corrected chi connectivity index (χ2v) is 38.5. The van der Waals surface area contributed by atoms with Crippen molar-refractivity contribution in [3.8, 4) is 78.3 Å². The molecule has 0 aliphatic rings. The Morgan fingerprint density at radius 1 is 0.181 bits per heavy atom. The minimum absolute atomic E-state index is 0.664. The molecule has 0 N–H and O–H groups in total. The molecule has 20 aromatic carbocycles. The van der Waals surface area contributed by atoms with Crippen molar-refractivity contribution in [3.63, 3.8) is 0 Å². The molecule has 0 saturated carbocycles. The van der Waals surface area contributed by atoms with Crippen molar-refractivity contribution in [2.45, 2.75) is 88.0 Å². The quantitative estimate of drug-likeness (QED) is 0.0381. The SMILES string of the molecule is CCCc1ccc(N(c2ccc(/C=C/c3ccc(C)cc3)cc2)c2ccc(-c3ccc(-c4ccc(-c5ccc(N(c6ccc(/C=C/c7ccc(OC)cc7)cc6)c6ccc(CCC)cc6)cc5)cc4)cc3)cc2)cc1.CCOc1ccc(/C=C/c2ccc(N(c3ccc(-c4ccc(-c5ccc(-c6ccc(N(c7ccc(/C=C/c8ccc(C)cc8)cc7)c7ccc(C)cc7C)cc6)cc5)cc4)cc3)c3ccc(C)cc3C)cc2)cc1. The highest BCUT2D eigenvalue weighted by atomic mass is 16.5. The molecule has 0 amide bonds. The van der Waals surface area contributed by atoms with Crippen LogP contribution in [0.4, 0.5) is 68.2 Å². The monoisotopic (exact) mass is 1930 g/mol. The van der Waals surface area contributed by atoms with Crippen molar-refractivity contribution in [2.75, 3.05) is 33.3 Å². The zero-order chi connectivity index (χ0) is 102. The Kier molecular flexibility index (Phi) is 32.0. The summed E-state index contributed by atoms with van der Waals surface area (Å²) < 4.78 is 10.9. The summed E-state index contributed by atoms with van der Waals surface area (Å²) in [5.74, 6) is 1.75. The van der Waals surface area contributed by atoms with Crippen LogP contribution >= 0.6 is 0 Å². The zero-order valence-electron chi connectivity index (χ0n) is 86.8. The summed E-state index contributed by atoms with van der Waals surface area (Å²) in [7, 11) is 1.69. The van der Waals surface area contributed by atoms with E-state index in [1.165, 1.54) is 134 Å². The minimum atomic E-state index is 0.664. The normalized spacial score (nSPS) is 11.3. The highest BCUT2D eigenvalue weighted by molar-refractivity contribution is 5.88. The van der Waals surface area contributed by atoms with E-state index in [-0.39, 0.29) is 0 Å². The van der Waals surface area contributed by atoms with Crippen LogP contribution in [-0.4, -0.2) is 13.7 Å². The van der Waals surface area contributed by atoms with Gasteiger partial charge in [-0.05, 0) is 353 Å². The summed E-state index contributed by atoms with van der Waals surface area (Å²) >= 11 is 0. The molecule has 20 rings (SSSR count). The van der Waals surface area contributed by atoms with Gasteiger partial charge in [0.1, 0.15) is 11.5 Å². The predicted molar refractivity (Wildman–Crippen MR) is 640 cm³/mol. The van der Waals surface area contributed by atoms with E-state index < -0.39 is 0 Å². The molecule has 6 heteroatoms. The number of ether oxygens (including phenoxy) is 2. The first-order chi connectivity index (χ1) is 73.0. The van der Waals surface area contributed by atoms with Gasteiger partial charge >= 0.3 is 0 Å². The van der Waals surface area contributed by atoms with Crippen LogP contribution in [-0.2, 0) is 12.8 Å². The van der Waals surface area contributed by atoms with E-state index in [9.17, 15) is 0 Å². The fourth-order valence-electron chi connectivity index (χ4n) is 19.3. The van der Waals surface area contributed by atoms with Crippen LogP contribution < -0.4 is 29.1 Å². The van der Waals surface area contributed by atoms with Gasteiger partial charge in [0, 0.05) is 68.2 Å². The predicted octanol–water partition coefficient (Wildman–Crippen LogP) is 40.1. The van der Waals surface area contributed by atoms with Crippen LogP contribution in [0.1, 0.15) is 123 Å². The number of hydrogen-bond donors (Lipinski definition) is 0. The number of benzene rings is 20.